The Morgan fingerprint density at radius 3 is 2.47 bits per heavy atom. The Morgan fingerprint density at radius 1 is 1.37 bits per heavy atom. The lowest BCUT2D eigenvalue weighted by Gasteiger charge is -2.23. The highest BCUT2D eigenvalue weighted by Gasteiger charge is 2.30. The third-order valence-electron chi connectivity index (χ3n) is 3.68. The molecule has 1 aliphatic rings. The van der Waals surface area contributed by atoms with Gasteiger partial charge >= 0.3 is 5.97 Å². The van der Waals surface area contributed by atoms with Crippen LogP contribution in [0.15, 0.2) is 18.2 Å². The largest absolute Gasteiger partial charge is 0.480 e. The summed E-state index contributed by atoms with van der Waals surface area (Å²) in [4.78, 5) is 11.5. The first kappa shape index (κ1) is 14.1. The molecular weight excluding hydrogens is 238 g/mol. The van der Waals surface area contributed by atoms with Crippen molar-refractivity contribution >= 4 is 5.97 Å². The van der Waals surface area contributed by atoms with Crippen molar-refractivity contribution in [2.24, 2.45) is 0 Å². The van der Waals surface area contributed by atoms with E-state index in [-0.39, 0.29) is 5.41 Å². The van der Waals surface area contributed by atoms with Crippen molar-refractivity contribution in [2.45, 2.75) is 58.0 Å². The van der Waals surface area contributed by atoms with Crippen LogP contribution in [0.4, 0.5) is 0 Å². The lowest BCUT2D eigenvalue weighted by Crippen LogP contribution is -2.31. The molecule has 1 aromatic carbocycles. The lowest BCUT2D eigenvalue weighted by molar-refractivity contribution is -0.139. The Morgan fingerprint density at radius 2 is 2.00 bits per heavy atom. The minimum atomic E-state index is -0.791. The minimum absolute atomic E-state index is 0.0328. The number of nitrogens with one attached hydrogen (secondary N) is 1. The quantitative estimate of drug-likeness (QED) is 0.875. The second kappa shape index (κ2) is 4.97. The van der Waals surface area contributed by atoms with Crippen LogP contribution in [-0.4, -0.2) is 17.1 Å². The maximum Gasteiger partial charge on any atom is 0.325 e. The van der Waals surface area contributed by atoms with Crippen molar-refractivity contribution in [2.75, 3.05) is 0 Å². The summed E-state index contributed by atoms with van der Waals surface area (Å²) >= 11 is 0. The second-order valence-electron chi connectivity index (χ2n) is 6.53. The standard InChI is InChI=1S/C16H23NO2/c1-10-5-6-11(16(2,3)4)9-13(10)14(15(18)19)17-12-7-8-12/h5-6,9,12,14,17H,7-8H2,1-4H3,(H,18,19). The monoisotopic (exact) mass is 261 g/mol. The number of hydrogen-bond acceptors (Lipinski definition) is 2. The van der Waals surface area contributed by atoms with Crippen LogP contribution in [0.3, 0.4) is 0 Å². The van der Waals surface area contributed by atoms with Gasteiger partial charge in [0.2, 0.25) is 0 Å². The fourth-order valence-corrected chi connectivity index (χ4v) is 2.20. The van der Waals surface area contributed by atoms with E-state index in [0.717, 1.165) is 24.0 Å². The molecule has 0 amide bonds. The number of hydrogen-bond donors (Lipinski definition) is 2. The van der Waals surface area contributed by atoms with Gasteiger partial charge in [-0.3, -0.25) is 10.1 Å². The van der Waals surface area contributed by atoms with Gasteiger partial charge in [-0.25, -0.2) is 0 Å². The normalized spacial score (nSPS) is 17.3. The van der Waals surface area contributed by atoms with Crippen molar-refractivity contribution in [1.29, 1.82) is 0 Å². The Kier molecular flexibility index (Phi) is 3.68. The zero-order valence-electron chi connectivity index (χ0n) is 12.2. The molecule has 104 valence electrons. The summed E-state index contributed by atoms with van der Waals surface area (Å²) in [6, 6.07) is 5.95. The van der Waals surface area contributed by atoms with E-state index in [1.807, 2.05) is 19.1 Å². The van der Waals surface area contributed by atoms with Crippen molar-refractivity contribution in [3.05, 3.63) is 34.9 Å². The van der Waals surface area contributed by atoms with Gasteiger partial charge in [0, 0.05) is 6.04 Å². The van der Waals surface area contributed by atoms with Crippen molar-refractivity contribution in [3.63, 3.8) is 0 Å². The van der Waals surface area contributed by atoms with E-state index < -0.39 is 12.0 Å². The molecule has 0 aliphatic heterocycles. The molecule has 1 aliphatic carbocycles. The van der Waals surface area contributed by atoms with Crippen molar-refractivity contribution in [3.8, 4) is 0 Å². The van der Waals surface area contributed by atoms with Crippen LogP contribution in [0.5, 0.6) is 0 Å². The van der Waals surface area contributed by atoms with Crippen LogP contribution in [0, 0.1) is 6.92 Å². The first-order chi connectivity index (χ1) is 8.79. The summed E-state index contributed by atoms with van der Waals surface area (Å²) < 4.78 is 0. The topological polar surface area (TPSA) is 49.3 Å². The average molecular weight is 261 g/mol. The Labute approximate surface area is 115 Å². The molecule has 0 radical (unpaired) electrons. The lowest BCUT2D eigenvalue weighted by atomic mass is 9.84. The SMILES string of the molecule is Cc1ccc(C(C)(C)C)cc1C(NC1CC1)C(=O)O. The second-order valence-corrected chi connectivity index (χ2v) is 6.53. The molecular formula is C16H23NO2. The number of rotatable bonds is 4. The number of aliphatic carboxylic acids is 1. The summed E-state index contributed by atoms with van der Waals surface area (Å²) in [7, 11) is 0. The van der Waals surface area contributed by atoms with Crippen LogP contribution in [0.2, 0.25) is 0 Å². The molecule has 3 nitrogen and oxygen atoms in total. The van der Waals surface area contributed by atoms with Gasteiger partial charge in [-0.05, 0) is 41.9 Å². The smallest absolute Gasteiger partial charge is 0.325 e. The molecule has 0 aromatic heterocycles. The summed E-state index contributed by atoms with van der Waals surface area (Å²) in [6.07, 6.45) is 2.17. The Balaban J connectivity index is 2.36. The van der Waals surface area contributed by atoms with E-state index in [0.29, 0.717) is 6.04 Å². The van der Waals surface area contributed by atoms with Crippen LogP contribution in [0.1, 0.15) is 56.3 Å². The predicted molar refractivity (Wildman–Crippen MR) is 76.4 cm³/mol. The van der Waals surface area contributed by atoms with Crippen LogP contribution in [-0.2, 0) is 10.2 Å². The van der Waals surface area contributed by atoms with Crippen LogP contribution >= 0.6 is 0 Å². The fourth-order valence-electron chi connectivity index (χ4n) is 2.20. The summed E-state index contributed by atoms with van der Waals surface area (Å²) in [5, 5.41) is 12.7. The molecule has 2 N–H and O–H groups in total. The summed E-state index contributed by atoms with van der Waals surface area (Å²) in [5.41, 5.74) is 3.14. The molecule has 0 spiro atoms. The van der Waals surface area contributed by atoms with Gasteiger partial charge in [-0.15, -0.1) is 0 Å². The van der Waals surface area contributed by atoms with E-state index in [2.05, 4.69) is 32.2 Å². The van der Waals surface area contributed by atoms with Gasteiger partial charge in [0.25, 0.3) is 0 Å². The van der Waals surface area contributed by atoms with Crippen LogP contribution < -0.4 is 5.32 Å². The van der Waals surface area contributed by atoms with Crippen LogP contribution in [0.25, 0.3) is 0 Å². The van der Waals surface area contributed by atoms with E-state index in [4.69, 9.17) is 0 Å². The highest BCUT2D eigenvalue weighted by molar-refractivity contribution is 5.76. The van der Waals surface area contributed by atoms with Gasteiger partial charge < -0.3 is 5.11 Å². The Hall–Kier alpha value is -1.35. The number of carboxylic acid groups (broad SMARTS) is 1. The van der Waals surface area contributed by atoms with Crippen molar-refractivity contribution in [1.82, 2.24) is 5.32 Å². The molecule has 1 unspecified atom stereocenters. The zero-order chi connectivity index (χ0) is 14.2. The molecule has 1 aromatic rings. The molecule has 1 fully saturated rings. The number of carbonyl (C=O) groups is 1. The molecule has 19 heavy (non-hydrogen) atoms. The highest BCUT2D eigenvalue weighted by atomic mass is 16.4. The van der Waals surface area contributed by atoms with Gasteiger partial charge in [0.05, 0.1) is 0 Å². The predicted octanol–water partition coefficient (Wildman–Crippen LogP) is 3.17. The van der Waals surface area contributed by atoms with Crippen molar-refractivity contribution < 1.29 is 9.90 Å². The Bertz CT molecular complexity index is 484. The van der Waals surface area contributed by atoms with E-state index in [1.165, 1.54) is 5.56 Å². The van der Waals surface area contributed by atoms with Gasteiger partial charge in [0.1, 0.15) is 6.04 Å². The third-order valence-corrected chi connectivity index (χ3v) is 3.68. The summed E-state index contributed by atoms with van der Waals surface area (Å²) in [6.45, 7) is 8.41. The molecule has 3 heteroatoms. The highest BCUT2D eigenvalue weighted by Crippen LogP contribution is 2.30. The number of benzene rings is 1. The molecule has 0 saturated heterocycles. The average Bonchev–Trinajstić information content (AvgIpc) is 3.09. The van der Waals surface area contributed by atoms with E-state index >= 15 is 0 Å². The van der Waals surface area contributed by atoms with Gasteiger partial charge in [-0.1, -0.05) is 39.0 Å². The van der Waals surface area contributed by atoms with E-state index in [9.17, 15) is 9.90 Å². The van der Waals surface area contributed by atoms with Gasteiger partial charge in [0.15, 0.2) is 0 Å². The first-order valence-corrected chi connectivity index (χ1v) is 6.89. The number of aryl methyl sites for hydroxylation is 1. The van der Waals surface area contributed by atoms with E-state index in [1.54, 1.807) is 0 Å². The molecule has 0 bridgehead atoms. The van der Waals surface area contributed by atoms with Gasteiger partial charge in [-0.2, -0.15) is 0 Å². The maximum absolute atomic E-state index is 11.5. The molecule has 0 heterocycles. The molecule has 2 rings (SSSR count). The molecule has 1 saturated carbocycles. The molecule has 1 atom stereocenters. The maximum atomic E-state index is 11.5. The third kappa shape index (κ3) is 3.35. The fraction of sp³-hybridized carbons (Fsp3) is 0.562. The summed E-state index contributed by atoms with van der Waals surface area (Å²) in [5.74, 6) is -0.791. The number of carboxylic acids is 1. The first-order valence-electron chi connectivity index (χ1n) is 6.89. The zero-order valence-corrected chi connectivity index (χ0v) is 12.2. The minimum Gasteiger partial charge on any atom is -0.480 e.